The first-order valence-electron chi connectivity index (χ1n) is 4.38. The number of hydrogen-bond acceptors (Lipinski definition) is 2. The molecule has 0 saturated heterocycles. The molecule has 86 valence electrons. The zero-order valence-electron chi connectivity index (χ0n) is 8.11. The van der Waals surface area contributed by atoms with Gasteiger partial charge >= 0.3 is 5.97 Å². The number of carboxylic acids is 1. The Morgan fingerprint density at radius 3 is 2.38 bits per heavy atom. The first-order valence-corrected chi connectivity index (χ1v) is 5.13. The van der Waals surface area contributed by atoms with Crippen LogP contribution in [0.3, 0.4) is 0 Å². The highest BCUT2D eigenvalue weighted by atomic mass is 35.5. The molecule has 1 unspecified atom stereocenters. The van der Waals surface area contributed by atoms with Gasteiger partial charge < -0.3 is 10.8 Å². The number of aliphatic carboxylic acids is 1. The number of rotatable bonds is 4. The van der Waals surface area contributed by atoms with Gasteiger partial charge in [0.25, 0.3) is 0 Å². The van der Waals surface area contributed by atoms with Crippen LogP contribution < -0.4 is 5.73 Å². The molecule has 4 nitrogen and oxygen atoms in total. The third-order valence-corrected chi connectivity index (χ3v) is 2.81. The number of benzene rings is 1. The van der Waals surface area contributed by atoms with E-state index in [1.54, 1.807) is 0 Å². The summed E-state index contributed by atoms with van der Waals surface area (Å²) in [7, 11) is 0. The molecule has 0 radical (unpaired) electrons. The second-order valence-corrected chi connectivity index (χ2v) is 4.04. The Bertz CT molecular complexity index is 434. The van der Waals surface area contributed by atoms with Gasteiger partial charge in [-0.15, -0.1) is 0 Å². The lowest BCUT2D eigenvalue weighted by molar-refractivity contribution is -0.139. The van der Waals surface area contributed by atoms with Crippen LogP contribution in [-0.2, 0) is 9.59 Å². The molecule has 6 heteroatoms. The predicted octanol–water partition coefficient (Wildman–Crippen LogP) is 2.04. The van der Waals surface area contributed by atoms with E-state index >= 15 is 0 Å². The third kappa shape index (κ3) is 3.12. The monoisotopic (exact) mass is 261 g/mol. The van der Waals surface area contributed by atoms with E-state index < -0.39 is 17.8 Å². The van der Waals surface area contributed by atoms with Crippen molar-refractivity contribution in [3.63, 3.8) is 0 Å². The number of carboxylic acid groups (broad SMARTS) is 1. The van der Waals surface area contributed by atoms with Crippen LogP contribution in [-0.4, -0.2) is 17.0 Å². The largest absolute Gasteiger partial charge is 0.481 e. The van der Waals surface area contributed by atoms with E-state index in [9.17, 15) is 9.59 Å². The van der Waals surface area contributed by atoms with Crippen LogP contribution in [0.2, 0.25) is 10.0 Å². The maximum Gasteiger partial charge on any atom is 0.304 e. The Kier molecular flexibility index (Phi) is 4.15. The molecular weight excluding hydrogens is 253 g/mol. The van der Waals surface area contributed by atoms with Crippen LogP contribution >= 0.6 is 23.2 Å². The van der Waals surface area contributed by atoms with Crippen LogP contribution in [0.4, 0.5) is 0 Å². The highest BCUT2D eigenvalue weighted by molar-refractivity contribution is 6.42. The Morgan fingerprint density at radius 2 is 1.94 bits per heavy atom. The number of amides is 1. The Hall–Kier alpha value is -1.26. The van der Waals surface area contributed by atoms with E-state index in [4.69, 9.17) is 34.0 Å². The van der Waals surface area contributed by atoms with Crippen LogP contribution in [0, 0.1) is 0 Å². The summed E-state index contributed by atoms with van der Waals surface area (Å²) in [5, 5.41) is 9.25. The van der Waals surface area contributed by atoms with E-state index in [1.165, 1.54) is 18.2 Å². The van der Waals surface area contributed by atoms with Gasteiger partial charge in [0.1, 0.15) is 0 Å². The molecule has 1 atom stereocenters. The molecular formula is C10H9Cl2NO3. The van der Waals surface area contributed by atoms with E-state index in [0.717, 1.165) is 0 Å². The highest BCUT2D eigenvalue weighted by Gasteiger charge is 2.21. The number of carbonyl (C=O) groups excluding carboxylic acids is 1. The SMILES string of the molecule is NC(=O)C(CC(=O)O)c1ccc(Cl)c(Cl)c1. The van der Waals surface area contributed by atoms with Crippen molar-refractivity contribution in [2.24, 2.45) is 5.73 Å². The van der Waals surface area contributed by atoms with E-state index in [1.807, 2.05) is 0 Å². The summed E-state index contributed by atoms with van der Waals surface area (Å²) in [6.45, 7) is 0. The molecule has 0 bridgehead atoms. The molecule has 0 aliphatic carbocycles. The van der Waals surface area contributed by atoms with E-state index in [-0.39, 0.29) is 11.4 Å². The van der Waals surface area contributed by atoms with Crippen molar-refractivity contribution >= 4 is 35.1 Å². The van der Waals surface area contributed by atoms with Crippen LogP contribution in [0.5, 0.6) is 0 Å². The van der Waals surface area contributed by atoms with Crippen LogP contribution in [0.1, 0.15) is 17.9 Å². The summed E-state index contributed by atoms with van der Waals surface area (Å²) in [4.78, 5) is 21.7. The van der Waals surface area contributed by atoms with Crippen LogP contribution in [0.25, 0.3) is 0 Å². The molecule has 0 aliphatic rings. The molecule has 0 aromatic heterocycles. The van der Waals surface area contributed by atoms with Crippen molar-refractivity contribution in [3.8, 4) is 0 Å². The molecule has 0 heterocycles. The van der Waals surface area contributed by atoms with E-state index in [0.29, 0.717) is 10.6 Å². The quantitative estimate of drug-likeness (QED) is 0.871. The van der Waals surface area contributed by atoms with Crippen molar-refractivity contribution in [1.29, 1.82) is 0 Å². The van der Waals surface area contributed by atoms with Gasteiger partial charge in [0, 0.05) is 0 Å². The van der Waals surface area contributed by atoms with Crippen molar-refractivity contribution < 1.29 is 14.7 Å². The van der Waals surface area contributed by atoms with Gasteiger partial charge in [0.05, 0.1) is 22.4 Å². The van der Waals surface area contributed by atoms with Crippen molar-refractivity contribution in [2.75, 3.05) is 0 Å². The van der Waals surface area contributed by atoms with Gasteiger partial charge in [-0.1, -0.05) is 29.3 Å². The first kappa shape index (κ1) is 12.8. The lowest BCUT2D eigenvalue weighted by atomic mass is 9.95. The summed E-state index contributed by atoms with van der Waals surface area (Å²) in [5.41, 5.74) is 5.58. The highest BCUT2D eigenvalue weighted by Crippen LogP contribution is 2.27. The van der Waals surface area contributed by atoms with Crippen molar-refractivity contribution in [2.45, 2.75) is 12.3 Å². The summed E-state index contributed by atoms with van der Waals surface area (Å²) in [6, 6.07) is 4.48. The normalized spacial score (nSPS) is 12.1. The second kappa shape index (κ2) is 5.18. The Labute approximate surface area is 102 Å². The average Bonchev–Trinajstić information content (AvgIpc) is 2.18. The molecule has 0 fully saturated rings. The van der Waals surface area contributed by atoms with Gasteiger partial charge in [0.2, 0.25) is 5.91 Å². The second-order valence-electron chi connectivity index (χ2n) is 3.23. The molecule has 0 spiro atoms. The molecule has 3 N–H and O–H groups in total. The molecule has 1 rings (SSSR count). The van der Waals surface area contributed by atoms with Gasteiger partial charge in [-0.25, -0.2) is 0 Å². The number of carbonyl (C=O) groups is 2. The fraction of sp³-hybridized carbons (Fsp3) is 0.200. The molecule has 0 aliphatic heterocycles. The van der Waals surface area contributed by atoms with E-state index in [2.05, 4.69) is 0 Å². The summed E-state index contributed by atoms with van der Waals surface area (Å²) in [5.74, 6) is -2.71. The van der Waals surface area contributed by atoms with Crippen LogP contribution in [0.15, 0.2) is 18.2 Å². The standard InChI is InChI=1S/C10H9Cl2NO3/c11-7-2-1-5(3-8(7)12)6(10(13)16)4-9(14)15/h1-3,6H,4H2,(H2,13,16)(H,14,15). The lowest BCUT2D eigenvalue weighted by Gasteiger charge is -2.11. The number of primary amides is 1. The average molecular weight is 262 g/mol. The molecule has 1 aromatic rings. The van der Waals surface area contributed by atoms with Gasteiger partial charge in [-0.3, -0.25) is 9.59 Å². The molecule has 0 saturated carbocycles. The minimum Gasteiger partial charge on any atom is -0.481 e. The Balaban J connectivity index is 3.06. The van der Waals surface area contributed by atoms with Gasteiger partial charge in [-0.2, -0.15) is 0 Å². The predicted molar refractivity (Wildman–Crippen MR) is 60.7 cm³/mol. The van der Waals surface area contributed by atoms with Crippen molar-refractivity contribution in [3.05, 3.63) is 33.8 Å². The van der Waals surface area contributed by atoms with Crippen molar-refractivity contribution in [1.82, 2.24) is 0 Å². The maximum absolute atomic E-state index is 11.1. The number of halogens is 2. The molecule has 16 heavy (non-hydrogen) atoms. The fourth-order valence-electron chi connectivity index (χ4n) is 1.29. The minimum atomic E-state index is -1.10. The topological polar surface area (TPSA) is 80.4 Å². The third-order valence-electron chi connectivity index (χ3n) is 2.07. The first-order chi connectivity index (χ1) is 7.41. The Morgan fingerprint density at radius 1 is 1.31 bits per heavy atom. The fourth-order valence-corrected chi connectivity index (χ4v) is 1.59. The minimum absolute atomic E-state index is 0.260. The molecule has 1 aromatic carbocycles. The molecule has 1 amide bonds. The number of nitrogens with two attached hydrogens (primary N) is 1. The zero-order chi connectivity index (χ0) is 12.3. The summed E-state index contributed by atoms with van der Waals surface area (Å²) < 4.78 is 0. The zero-order valence-corrected chi connectivity index (χ0v) is 9.63. The van der Waals surface area contributed by atoms with Gasteiger partial charge in [0.15, 0.2) is 0 Å². The number of hydrogen-bond donors (Lipinski definition) is 2. The maximum atomic E-state index is 11.1. The smallest absolute Gasteiger partial charge is 0.304 e. The summed E-state index contributed by atoms with van der Waals surface area (Å²) >= 11 is 11.5. The lowest BCUT2D eigenvalue weighted by Crippen LogP contribution is -2.23. The van der Waals surface area contributed by atoms with Gasteiger partial charge in [-0.05, 0) is 17.7 Å². The summed E-state index contributed by atoms with van der Waals surface area (Å²) in [6.07, 6.45) is -0.368.